The van der Waals surface area contributed by atoms with Gasteiger partial charge < -0.3 is 0 Å². The number of hydrogen-bond acceptors (Lipinski definition) is 3. The van der Waals surface area contributed by atoms with E-state index in [1.807, 2.05) is 0 Å². The summed E-state index contributed by atoms with van der Waals surface area (Å²) in [5.74, 6) is 0.157. The van der Waals surface area contributed by atoms with E-state index in [1.54, 1.807) is 13.8 Å². The molecular weight excluding hydrogens is 262 g/mol. The van der Waals surface area contributed by atoms with Gasteiger partial charge in [-0.15, -0.1) is 0 Å². The zero-order valence-electron chi connectivity index (χ0n) is 12.2. The number of unbranched alkanes of at least 4 members (excludes halogenated alkanes) is 1. The maximum absolute atomic E-state index is 11.7. The molecule has 0 aromatic heterocycles. The largest absolute Gasteiger partial charge is 0.274 e. The minimum atomic E-state index is -3.43. The molecule has 5 heteroatoms. The van der Waals surface area contributed by atoms with Gasteiger partial charge in [-0.25, -0.2) is 8.42 Å². The zero-order chi connectivity index (χ0) is 14.3. The highest BCUT2D eigenvalue weighted by molar-refractivity contribution is 7.90. The van der Waals surface area contributed by atoms with Crippen LogP contribution in [-0.4, -0.2) is 20.1 Å². The van der Waals surface area contributed by atoms with Gasteiger partial charge in [0.1, 0.15) is 0 Å². The Morgan fingerprint density at radius 2 is 1.79 bits per heavy atom. The first-order valence-electron chi connectivity index (χ1n) is 7.45. The number of sulfonamides is 1. The molecule has 1 fully saturated rings. The Morgan fingerprint density at radius 3 is 2.37 bits per heavy atom. The van der Waals surface area contributed by atoms with Gasteiger partial charge in [0.2, 0.25) is 15.9 Å². The van der Waals surface area contributed by atoms with Gasteiger partial charge in [0.05, 0.1) is 5.75 Å². The van der Waals surface area contributed by atoms with Crippen molar-refractivity contribution in [3.63, 3.8) is 0 Å². The second-order valence-corrected chi connectivity index (χ2v) is 7.78. The first kappa shape index (κ1) is 16.5. The molecule has 0 atom stereocenters. The fourth-order valence-electron chi connectivity index (χ4n) is 2.52. The van der Waals surface area contributed by atoms with Gasteiger partial charge in [-0.1, -0.05) is 58.8 Å². The second-order valence-electron chi connectivity index (χ2n) is 5.94. The molecule has 1 aliphatic rings. The summed E-state index contributed by atoms with van der Waals surface area (Å²) in [6.07, 6.45) is 9.34. The number of amides is 1. The smallest absolute Gasteiger partial charge is 0.235 e. The van der Waals surface area contributed by atoms with Crippen LogP contribution >= 0.6 is 0 Å². The summed E-state index contributed by atoms with van der Waals surface area (Å²) >= 11 is 0. The minimum Gasteiger partial charge on any atom is -0.274 e. The number of carbonyl (C=O) groups is 1. The van der Waals surface area contributed by atoms with Crippen LogP contribution in [-0.2, 0) is 14.8 Å². The second kappa shape index (κ2) is 7.88. The predicted octanol–water partition coefficient (Wildman–Crippen LogP) is 2.84. The van der Waals surface area contributed by atoms with Gasteiger partial charge in [-0.3, -0.25) is 9.52 Å². The van der Waals surface area contributed by atoms with Crippen molar-refractivity contribution in [1.29, 1.82) is 0 Å². The molecule has 0 radical (unpaired) electrons. The summed E-state index contributed by atoms with van der Waals surface area (Å²) in [5.41, 5.74) is 0. The van der Waals surface area contributed by atoms with Crippen LogP contribution in [0.3, 0.4) is 0 Å². The van der Waals surface area contributed by atoms with E-state index in [2.05, 4.69) is 4.72 Å². The van der Waals surface area contributed by atoms with Gasteiger partial charge in [0, 0.05) is 5.92 Å². The summed E-state index contributed by atoms with van der Waals surface area (Å²) in [4.78, 5) is 11.3. The van der Waals surface area contributed by atoms with Gasteiger partial charge >= 0.3 is 0 Å². The molecule has 1 aliphatic carbocycles. The van der Waals surface area contributed by atoms with Crippen LogP contribution in [0.15, 0.2) is 0 Å². The molecule has 0 bridgehead atoms. The fraction of sp³-hybridized carbons (Fsp3) is 0.929. The van der Waals surface area contributed by atoms with Crippen LogP contribution in [0.25, 0.3) is 0 Å². The Kier molecular flexibility index (Phi) is 6.83. The number of carbonyl (C=O) groups excluding carboxylic acids is 1. The number of rotatable bonds is 7. The van der Waals surface area contributed by atoms with Crippen LogP contribution in [0.2, 0.25) is 0 Å². The monoisotopic (exact) mass is 289 g/mol. The minimum absolute atomic E-state index is 0.0676. The highest BCUT2D eigenvalue weighted by Gasteiger charge is 2.17. The van der Waals surface area contributed by atoms with Crippen molar-refractivity contribution in [2.24, 2.45) is 11.8 Å². The van der Waals surface area contributed by atoms with Crippen LogP contribution in [0, 0.1) is 11.8 Å². The van der Waals surface area contributed by atoms with Crippen molar-refractivity contribution in [1.82, 2.24) is 4.72 Å². The Hall–Kier alpha value is -0.580. The predicted molar refractivity (Wildman–Crippen MR) is 77.2 cm³/mol. The normalized spacial score (nSPS) is 17.6. The van der Waals surface area contributed by atoms with Gasteiger partial charge in [-0.2, -0.15) is 0 Å². The molecule has 0 aromatic carbocycles. The fourth-order valence-corrected chi connectivity index (χ4v) is 3.75. The Bertz CT molecular complexity index is 370. The van der Waals surface area contributed by atoms with Crippen molar-refractivity contribution in [2.45, 2.75) is 65.2 Å². The molecule has 1 rings (SSSR count). The van der Waals surface area contributed by atoms with Crippen molar-refractivity contribution < 1.29 is 13.2 Å². The van der Waals surface area contributed by atoms with E-state index in [9.17, 15) is 13.2 Å². The Morgan fingerprint density at radius 1 is 1.16 bits per heavy atom. The summed E-state index contributed by atoms with van der Waals surface area (Å²) in [6, 6.07) is 0. The molecule has 0 unspecified atom stereocenters. The van der Waals surface area contributed by atoms with Crippen LogP contribution in [0.5, 0.6) is 0 Å². The molecule has 19 heavy (non-hydrogen) atoms. The molecule has 0 spiro atoms. The van der Waals surface area contributed by atoms with Gasteiger partial charge in [0.25, 0.3) is 0 Å². The highest BCUT2D eigenvalue weighted by atomic mass is 32.2. The molecule has 0 aromatic rings. The standard InChI is InChI=1S/C14H27NO3S/c1-12(2)14(16)15-19(17,18)11-7-6-10-13-8-4-3-5-9-13/h12-13H,3-11H2,1-2H3,(H,15,16). The molecule has 1 N–H and O–H groups in total. The lowest BCUT2D eigenvalue weighted by Gasteiger charge is -2.21. The molecule has 0 aliphatic heterocycles. The maximum atomic E-state index is 11.7. The zero-order valence-corrected chi connectivity index (χ0v) is 13.0. The summed E-state index contributed by atoms with van der Waals surface area (Å²) in [7, 11) is -3.43. The Labute approximate surface area is 117 Å². The topological polar surface area (TPSA) is 63.2 Å². The number of hydrogen-bond donors (Lipinski definition) is 1. The lowest BCUT2D eigenvalue weighted by Crippen LogP contribution is -2.35. The third-order valence-corrected chi connectivity index (χ3v) is 5.12. The van der Waals surface area contributed by atoms with E-state index in [1.165, 1.54) is 32.1 Å². The lowest BCUT2D eigenvalue weighted by molar-refractivity contribution is -0.122. The highest BCUT2D eigenvalue weighted by Crippen LogP contribution is 2.27. The molecule has 112 valence electrons. The first-order chi connectivity index (χ1) is 8.91. The summed E-state index contributed by atoms with van der Waals surface area (Å²) in [6.45, 7) is 3.38. The lowest BCUT2D eigenvalue weighted by atomic mass is 9.86. The van der Waals surface area contributed by atoms with Crippen molar-refractivity contribution in [2.75, 3.05) is 5.75 Å². The molecular formula is C14H27NO3S. The average Bonchev–Trinajstić information content (AvgIpc) is 2.35. The summed E-state index contributed by atoms with van der Waals surface area (Å²) in [5, 5.41) is 0. The molecule has 1 amide bonds. The van der Waals surface area contributed by atoms with Crippen molar-refractivity contribution in [3.8, 4) is 0 Å². The van der Waals surface area contributed by atoms with Crippen molar-refractivity contribution in [3.05, 3.63) is 0 Å². The van der Waals surface area contributed by atoms with Crippen molar-refractivity contribution >= 4 is 15.9 Å². The third-order valence-electron chi connectivity index (χ3n) is 3.78. The molecule has 1 saturated carbocycles. The summed E-state index contributed by atoms with van der Waals surface area (Å²) < 4.78 is 25.5. The maximum Gasteiger partial charge on any atom is 0.235 e. The number of nitrogens with one attached hydrogen (secondary N) is 1. The average molecular weight is 289 g/mol. The van der Waals surface area contributed by atoms with Gasteiger partial charge in [-0.05, 0) is 12.3 Å². The van der Waals surface area contributed by atoms with E-state index >= 15 is 0 Å². The van der Waals surface area contributed by atoms with E-state index in [0.717, 1.165) is 18.8 Å². The first-order valence-corrected chi connectivity index (χ1v) is 9.10. The Balaban J connectivity index is 2.18. The van der Waals surface area contributed by atoms with E-state index in [0.29, 0.717) is 6.42 Å². The molecule has 0 heterocycles. The van der Waals surface area contributed by atoms with E-state index in [-0.39, 0.29) is 11.7 Å². The quantitative estimate of drug-likeness (QED) is 0.733. The SMILES string of the molecule is CC(C)C(=O)NS(=O)(=O)CCCCC1CCCCC1. The van der Waals surface area contributed by atoms with Crippen LogP contribution in [0.4, 0.5) is 0 Å². The van der Waals surface area contributed by atoms with Gasteiger partial charge in [0.15, 0.2) is 0 Å². The molecule has 0 saturated heterocycles. The van der Waals surface area contributed by atoms with E-state index < -0.39 is 15.9 Å². The van der Waals surface area contributed by atoms with Crippen LogP contribution < -0.4 is 4.72 Å². The molecule has 4 nitrogen and oxygen atoms in total. The third kappa shape index (κ3) is 6.95. The van der Waals surface area contributed by atoms with Crippen LogP contribution in [0.1, 0.15) is 65.2 Å². The van der Waals surface area contributed by atoms with E-state index in [4.69, 9.17) is 0 Å².